The number of nitrogens with one attached hydrogen (secondary N) is 2. The monoisotopic (exact) mass is 396 g/mol. The van der Waals surface area contributed by atoms with Crippen molar-refractivity contribution in [2.45, 2.75) is 4.90 Å². The first kappa shape index (κ1) is 19.9. The third kappa shape index (κ3) is 4.89. The largest absolute Gasteiger partial charge is 0.588 e. The number of hydrogen-bond acceptors (Lipinski definition) is 6. The predicted octanol–water partition coefficient (Wildman–Crippen LogP) is 3.45. The van der Waals surface area contributed by atoms with Crippen LogP contribution in [0.25, 0.3) is 11.1 Å². The molecule has 0 aliphatic carbocycles. The summed E-state index contributed by atoms with van der Waals surface area (Å²) in [5.74, 6) is 0.552. The highest BCUT2D eigenvalue weighted by atomic mass is 32.2. The minimum absolute atomic E-state index is 0.539. The van der Waals surface area contributed by atoms with Crippen LogP contribution in [0.1, 0.15) is 0 Å². The van der Waals surface area contributed by atoms with Gasteiger partial charge in [-0.3, -0.25) is 0 Å². The summed E-state index contributed by atoms with van der Waals surface area (Å²) in [5, 5.41) is 3.21. The molecule has 6 N–H and O–H groups in total. The lowest BCUT2D eigenvalue weighted by molar-refractivity contribution is 0.403. The normalized spacial score (nSPS) is 11.7. The minimum atomic E-state index is -1.51. The van der Waals surface area contributed by atoms with Crippen molar-refractivity contribution in [3.63, 3.8) is 0 Å². The summed E-state index contributed by atoms with van der Waals surface area (Å²) in [6, 6.07) is 20.7. The number of ether oxygens (including phenoxy) is 1. The zero-order valence-corrected chi connectivity index (χ0v) is 16.5. The Morgan fingerprint density at radius 3 is 2.46 bits per heavy atom. The van der Waals surface area contributed by atoms with Crippen LogP contribution >= 0.6 is 0 Å². The van der Waals surface area contributed by atoms with E-state index in [0.29, 0.717) is 29.4 Å². The Balaban J connectivity index is 1.86. The van der Waals surface area contributed by atoms with Gasteiger partial charge in [0, 0.05) is 30.5 Å². The molecule has 0 aliphatic rings. The van der Waals surface area contributed by atoms with E-state index in [9.17, 15) is 4.55 Å². The second-order valence-corrected chi connectivity index (χ2v) is 7.34. The van der Waals surface area contributed by atoms with Crippen LogP contribution in [0.4, 0.5) is 17.1 Å². The van der Waals surface area contributed by atoms with Gasteiger partial charge in [-0.25, -0.2) is 4.72 Å². The number of nitrogens with two attached hydrogens (primary N) is 2. The molecule has 6 nitrogen and oxygen atoms in total. The van der Waals surface area contributed by atoms with E-state index < -0.39 is 11.4 Å². The molecule has 0 fully saturated rings. The Morgan fingerprint density at radius 1 is 0.964 bits per heavy atom. The van der Waals surface area contributed by atoms with Crippen molar-refractivity contribution in [1.82, 2.24) is 0 Å². The van der Waals surface area contributed by atoms with Crippen LogP contribution in [0.5, 0.6) is 5.75 Å². The molecular weight excluding hydrogens is 372 g/mol. The predicted molar refractivity (Wildman–Crippen MR) is 117 cm³/mol. The second-order valence-electron chi connectivity index (χ2n) is 6.16. The fourth-order valence-electron chi connectivity index (χ4n) is 2.79. The molecule has 146 valence electrons. The van der Waals surface area contributed by atoms with Gasteiger partial charge >= 0.3 is 0 Å². The molecule has 3 aromatic rings. The molecule has 3 rings (SSSR count). The lowest BCUT2D eigenvalue weighted by atomic mass is 10.1. The Kier molecular flexibility index (Phi) is 6.65. The topological polar surface area (TPSA) is 108 Å². The Hall–Kier alpha value is -2.87. The minimum Gasteiger partial charge on any atom is -0.588 e. The van der Waals surface area contributed by atoms with Gasteiger partial charge in [-0.15, -0.1) is 0 Å². The van der Waals surface area contributed by atoms with E-state index in [1.807, 2.05) is 66.7 Å². The van der Waals surface area contributed by atoms with Crippen LogP contribution in [-0.2, 0) is 11.4 Å². The van der Waals surface area contributed by atoms with Crippen LogP contribution in [0.3, 0.4) is 0 Å². The van der Waals surface area contributed by atoms with Gasteiger partial charge in [-0.2, -0.15) is 0 Å². The Labute approximate surface area is 168 Å². The zero-order valence-electron chi connectivity index (χ0n) is 15.6. The van der Waals surface area contributed by atoms with Gasteiger partial charge in [0.05, 0.1) is 12.8 Å². The van der Waals surface area contributed by atoms with Gasteiger partial charge < -0.3 is 26.1 Å². The molecule has 3 aromatic carbocycles. The highest BCUT2D eigenvalue weighted by Gasteiger charge is 2.20. The second kappa shape index (κ2) is 9.36. The molecule has 0 aromatic heterocycles. The summed E-state index contributed by atoms with van der Waals surface area (Å²) < 4.78 is 21.5. The molecule has 0 heterocycles. The van der Waals surface area contributed by atoms with Crippen molar-refractivity contribution in [2.75, 3.05) is 36.0 Å². The first-order chi connectivity index (χ1) is 13.6. The Bertz CT molecular complexity index is 936. The van der Waals surface area contributed by atoms with Crippen molar-refractivity contribution in [1.29, 1.82) is 0 Å². The third-order valence-electron chi connectivity index (χ3n) is 4.13. The molecular formula is C21H24N4O2S. The van der Waals surface area contributed by atoms with E-state index in [0.717, 1.165) is 22.5 Å². The number of hydrogen-bond donors (Lipinski definition) is 4. The SMILES string of the molecule is COc1ccc(-c2cccc(N)c2)cc1[S+]([O-])Nc1cccc(NCCN)c1. The molecule has 0 radical (unpaired) electrons. The van der Waals surface area contributed by atoms with E-state index in [1.165, 1.54) is 0 Å². The van der Waals surface area contributed by atoms with Crippen molar-refractivity contribution in [2.24, 2.45) is 5.73 Å². The third-order valence-corrected chi connectivity index (χ3v) is 5.27. The van der Waals surface area contributed by atoms with Crippen molar-refractivity contribution >= 4 is 28.4 Å². The van der Waals surface area contributed by atoms with Gasteiger partial charge in [0.25, 0.3) is 0 Å². The molecule has 0 bridgehead atoms. The molecule has 7 heteroatoms. The van der Waals surface area contributed by atoms with Crippen LogP contribution < -0.4 is 26.2 Å². The van der Waals surface area contributed by atoms with Gasteiger partial charge in [0.15, 0.2) is 5.75 Å². The molecule has 0 amide bonds. The maximum absolute atomic E-state index is 13.0. The maximum atomic E-state index is 13.0. The summed E-state index contributed by atoms with van der Waals surface area (Å²) in [6.07, 6.45) is 0. The Morgan fingerprint density at radius 2 is 1.71 bits per heavy atom. The van der Waals surface area contributed by atoms with Crippen molar-refractivity contribution in [3.8, 4) is 16.9 Å². The summed E-state index contributed by atoms with van der Waals surface area (Å²) in [6.45, 7) is 1.21. The zero-order chi connectivity index (χ0) is 19.9. The van der Waals surface area contributed by atoms with Gasteiger partial charge in [-0.1, -0.05) is 24.3 Å². The molecule has 0 saturated carbocycles. The molecule has 0 spiro atoms. The van der Waals surface area contributed by atoms with E-state index in [4.69, 9.17) is 16.2 Å². The first-order valence-corrected chi connectivity index (χ1v) is 10.0. The van der Waals surface area contributed by atoms with E-state index >= 15 is 0 Å². The highest BCUT2D eigenvalue weighted by molar-refractivity contribution is 7.92. The first-order valence-electron chi connectivity index (χ1n) is 8.87. The van der Waals surface area contributed by atoms with E-state index in [-0.39, 0.29) is 0 Å². The van der Waals surface area contributed by atoms with Crippen LogP contribution in [-0.4, -0.2) is 24.8 Å². The van der Waals surface area contributed by atoms with E-state index in [1.54, 1.807) is 7.11 Å². The molecule has 1 atom stereocenters. The number of methoxy groups -OCH3 is 1. The lowest BCUT2D eigenvalue weighted by Gasteiger charge is -2.16. The van der Waals surface area contributed by atoms with Crippen molar-refractivity contribution in [3.05, 3.63) is 66.7 Å². The summed E-state index contributed by atoms with van der Waals surface area (Å²) in [4.78, 5) is 0.558. The number of anilines is 3. The molecule has 1 unspecified atom stereocenters. The summed E-state index contributed by atoms with van der Waals surface area (Å²) >= 11 is -1.51. The van der Waals surface area contributed by atoms with Crippen LogP contribution in [0, 0.1) is 0 Å². The number of rotatable bonds is 8. The molecule has 0 saturated heterocycles. The number of nitrogen functional groups attached to an aromatic ring is 1. The van der Waals surface area contributed by atoms with Crippen molar-refractivity contribution < 1.29 is 9.29 Å². The fraction of sp³-hybridized carbons (Fsp3) is 0.143. The lowest BCUT2D eigenvalue weighted by Crippen LogP contribution is -2.15. The quantitative estimate of drug-likeness (QED) is 0.343. The van der Waals surface area contributed by atoms with Gasteiger partial charge in [0.2, 0.25) is 4.90 Å². The van der Waals surface area contributed by atoms with Gasteiger partial charge in [0.1, 0.15) is 11.4 Å². The van der Waals surface area contributed by atoms with E-state index in [2.05, 4.69) is 10.0 Å². The average Bonchev–Trinajstić information content (AvgIpc) is 2.72. The fourth-order valence-corrected chi connectivity index (χ4v) is 3.81. The van der Waals surface area contributed by atoms with Crippen LogP contribution in [0.2, 0.25) is 0 Å². The molecule has 28 heavy (non-hydrogen) atoms. The standard InChI is InChI=1S/C21H24N4O2S/c1-27-20-9-8-16(15-4-2-5-17(23)12-15)13-21(20)28(26)25-19-7-3-6-18(14-19)24-11-10-22/h2-9,12-14,24-25H,10-11,22-23H2,1H3. The summed E-state index contributed by atoms with van der Waals surface area (Å²) in [7, 11) is 1.56. The average molecular weight is 397 g/mol. The van der Waals surface area contributed by atoms with Gasteiger partial charge in [-0.05, 0) is 47.5 Å². The highest BCUT2D eigenvalue weighted by Crippen LogP contribution is 2.32. The van der Waals surface area contributed by atoms with Crippen LogP contribution in [0.15, 0.2) is 71.6 Å². The molecule has 0 aliphatic heterocycles. The maximum Gasteiger partial charge on any atom is 0.222 e. The summed E-state index contributed by atoms with van der Waals surface area (Å²) in [5.41, 5.74) is 15.6. The smallest absolute Gasteiger partial charge is 0.222 e. The number of benzene rings is 3.